The minimum absolute atomic E-state index is 0.0459. The summed E-state index contributed by atoms with van der Waals surface area (Å²) in [6.07, 6.45) is 3.50. The number of rotatable bonds is 3. The van der Waals surface area contributed by atoms with Crippen molar-refractivity contribution in [1.82, 2.24) is 0 Å². The van der Waals surface area contributed by atoms with E-state index in [9.17, 15) is 4.79 Å². The lowest BCUT2D eigenvalue weighted by molar-refractivity contribution is 0.104. The van der Waals surface area contributed by atoms with Gasteiger partial charge in [0.15, 0.2) is 5.78 Å². The number of hydrogen-bond acceptors (Lipinski definition) is 1. The molecule has 1 nitrogen and oxygen atoms in total. The molecule has 0 aliphatic rings. The molecule has 0 amide bonds. The maximum absolute atomic E-state index is 12.1. The molecule has 0 atom stereocenters. The molecule has 0 saturated heterocycles. The Bertz CT molecular complexity index is 636. The standard InChI is InChI=1S/C18H18O/c1-13-5-4-6-16(11-13)8-10-18(19)17-9-7-14(2)15(3)12-17/h4-12H,1-3H3. The van der Waals surface area contributed by atoms with Gasteiger partial charge < -0.3 is 0 Å². The molecule has 0 N–H and O–H groups in total. The highest BCUT2D eigenvalue weighted by Gasteiger charge is 2.03. The Balaban J connectivity index is 2.19. The molecule has 0 saturated carbocycles. The predicted octanol–water partition coefficient (Wildman–Crippen LogP) is 4.51. The van der Waals surface area contributed by atoms with Gasteiger partial charge in [0, 0.05) is 5.56 Å². The van der Waals surface area contributed by atoms with E-state index < -0.39 is 0 Å². The second-order valence-electron chi connectivity index (χ2n) is 4.91. The summed E-state index contributed by atoms with van der Waals surface area (Å²) in [4.78, 5) is 12.1. The van der Waals surface area contributed by atoms with Crippen LogP contribution >= 0.6 is 0 Å². The molecule has 0 aliphatic carbocycles. The highest BCUT2D eigenvalue weighted by molar-refractivity contribution is 6.06. The Morgan fingerprint density at radius 3 is 2.42 bits per heavy atom. The Morgan fingerprint density at radius 2 is 1.74 bits per heavy atom. The number of allylic oxidation sites excluding steroid dienone is 1. The van der Waals surface area contributed by atoms with Gasteiger partial charge in [-0.2, -0.15) is 0 Å². The van der Waals surface area contributed by atoms with E-state index >= 15 is 0 Å². The van der Waals surface area contributed by atoms with Crippen molar-refractivity contribution in [3.05, 3.63) is 76.4 Å². The number of ketones is 1. The van der Waals surface area contributed by atoms with Gasteiger partial charge in [0.25, 0.3) is 0 Å². The molecule has 0 heterocycles. The molecule has 0 aromatic heterocycles. The zero-order valence-electron chi connectivity index (χ0n) is 11.6. The summed E-state index contributed by atoms with van der Waals surface area (Å²) >= 11 is 0. The van der Waals surface area contributed by atoms with Crippen molar-refractivity contribution in [2.75, 3.05) is 0 Å². The van der Waals surface area contributed by atoms with Gasteiger partial charge in [0.1, 0.15) is 0 Å². The largest absolute Gasteiger partial charge is 0.289 e. The summed E-state index contributed by atoms with van der Waals surface area (Å²) < 4.78 is 0. The Kier molecular flexibility index (Phi) is 3.96. The highest BCUT2D eigenvalue weighted by atomic mass is 16.1. The summed E-state index contributed by atoms with van der Waals surface area (Å²) in [6, 6.07) is 13.9. The Hall–Kier alpha value is -2.15. The average molecular weight is 250 g/mol. The minimum atomic E-state index is 0.0459. The first kappa shape index (κ1) is 13.3. The smallest absolute Gasteiger partial charge is 0.185 e. The first-order chi connectivity index (χ1) is 9.06. The molecule has 0 unspecified atom stereocenters. The molecular weight excluding hydrogens is 232 g/mol. The summed E-state index contributed by atoms with van der Waals surface area (Å²) in [5.41, 5.74) is 5.35. The molecule has 19 heavy (non-hydrogen) atoms. The first-order valence-electron chi connectivity index (χ1n) is 6.42. The third kappa shape index (κ3) is 3.41. The van der Waals surface area contributed by atoms with E-state index in [1.54, 1.807) is 6.08 Å². The van der Waals surface area contributed by atoms with Crippen molar-refractivity contribution in [3.8, 4) is 0 Å². The summed E-state index contributed by atoms with van der Waals surface area (Å²) in [6.45, 7) is 6.12. The van der Waals surface area contributed by atoms with Crippen molar-refractivity contribution in [2.45, 2.75) is 20.8 Å². The molecule has 0 bridgehead atoms. The SMILES string of the molecule is Cc1cccc(C=CC(=O)c2ccc(C)c(C)c2)c1. The number of aryl methyl sites for hydroxylation is 3. The second-order valence-corrected chi connectivity index (χ2v) is 4.91. The van der Waals surface area contributed by atoms with Gasteiger partial charge >= 0.3 is 0 Å². The van der Waals surface area contributed by atoms with Crippen LogP contribution < -0.4 is 0 Å². The molecular formula is C18H18O. The average Bonchev–Trinajstić information content (AvgIpc) is 2.39. The van der Waals surface area contributed by atoms with Crippen LogP contribution in [0.5, 0.6) is 0 Å². The first-order valence-corrected chi connectivity index (χ1v) is 6.42. The van der Waals surface area contributed by atoms with E-state index in [1.165, 1.54) is 11.1 Å². The van der Waals surface area contributed by atoms with Crippen LogP contribution in [0.15, 0.2) is 48.5 Å². The zero-order valence-corrected chi connectivity index (χ0v) is 11.6. The van der Waals surface area contributed by atoms with Gasteiger partial charge in [-0.3, -0.25) is 4.79 Å². The molecule has 0 fully saturated rings. The molecule has 0 aliphatic heterocycles. The fourth-order valence-corrected chi connectivity index (χ4v) is 1.94. The van der Waals surface area contributed by atoms with E-state index in [2.05, 4.69) is 6.07 Å². The molecule has 96 valence electrons. The van der Waals surface area contributed by atoms with Crippen LogP contribution in [0, 0.1) is 20.8 Å². The molecule has 0 radical (unpaired) electrons. The fraction of sp³-hybridized carbons (Fsp3) is 0.167. The molecule has 2 rings (SSSR count). The van der Waals surface area contributed by atoms with Crippen LogP contribution in [0.2, 0.25) is 0 Å². The molecule has 0 spiro atoms. The maximum atomic E-state index is 12.1. The van der Waals surface area contributed by atoms with E-state index in [1.807, 2.05) is 63.2 Å². The third-order valence-corrected chi connectivity index (χ3v) is 3.26. The summed E-state index contributed by atoms with van der Waals surface area (Å²) in [7, 11) is 0. The normalized spacial score (nSPS) is 10.9. The predicted molar refractivity (Wildman–Crippen MR) is 80.5 cm³/mol. The fourth-order valence-electron chi connectivity index (χ4n) is 1.94. The van der Waals surface area contributed by atoms with Crippen LogP contribution in [0.4, 0.5) is 0 Å². The van der Waals surface area contributed by atoms with Gasteiger partial charge in [0.2, 0.25) is 0 Å². The minimum Gasteiger partial charge on any atom is -0.289 e. The van der Waals surface area contributed by atoms with Crippen molar-refractivity contribution in [1.29, 1.82) is 0 Å². The molecule has 1 heteroatoms. The van der Waals surface area contributed by atoms with Crippen molar-refractivity contribution in [2.24, 2.45) is 0 Å². The van der Waals surface area contributed by atoms with Crippen LogP contribution in [0.25, 0.3) is 6.08 Å². The van der Waals surface area contributed by atoms with E-state index in [0.29, 0.717) is 0 Å². The van der Waals surface area contributed by atoms with Gasteiger partial charge in [-0.05, 0) is 49.6 Å². The number of carbonyl (C=O) groups is 1. The van der Waals surface area contributed by atoms with Crippen LogP contribution in [0.1, 0.15) is 32.6 Å². The Morgan fingerprint density at radius 1 is 0.947 bits per heavy atom. The van der Waals surface area contributed by atoms with Gasteiger partial charge in [-0.1, -0.05) is 48.0 Å². The zero-order chi connectivity index (χ0) is 13.8. The second kappa shape index (κ2) is 5.66. The van der Waals surface area contributed by atoms with Crippen molar-refractivity contribution < 1.29 is 4.79 Å². The van der Waals surface area contributed by atoms with E-state index in [0.717, 1.165) is 16.7 Å². The number of carbonyl (C=O) groups excluding carboxylic acids is 1. The van der Waals surface area contributed by atoms with Gasteiger partial charge in [-0.25, -0.2) is 0 Å². The van der Waals surface area contributed by atoms with E-state index in [4.69, 9.17) is 0 Å². The van der Waals surface area contributed by atoms with E-state index in [-0.39, 0.29) is 5.78 Å². The lowest BCUT2D eigenvalue weighted by Gasteiger charge is -2.02. The summed E-state index contributed by atoms with van der Waals surface area (Å²) in [5, 5.41) is 0. The Labute approximate surface area is 114 Å². The van der Waals surface area contributed by atoms with Gasteiger partial charge in [-0.15, -0.1) is 0 Å². The van der Waals surface area contributed by atoms with Crippen molar-refractivity contribution >= 4 is 11.9 Å². The number of hydrogen-bond donors (Lipinski definition) is 0. The number of benzene rings is 2. The van der Waals surface area contributed by atoms with Crippen LogP contribution in [0.3, 0.4) is 0 Å². The lowest BCUT2D eigenvalue weighted by Crippen LogP contribution is -1.95. The van der Waals surface area contributed by atoms with Crippen LogP contribution in [-0.4, -0.2) is 5.78 Å². The molecule has 2 aromatic carbocycles. The quantitative estimate of drug-likeness (QED) is 0.578. The monoisotopic (exact) mass is 250 g/mol. The summed E-state index contributed by atoms with van der Waals surface area (Å²) in [5.74, 6) is 0.0459. The third-order valence-electron chi connectivity index (χ3n) is 3.26. The topological polar surface area (TPSA) is 17.1 Å². The van der Waals surface area contributed by atoms with Crippen molar-refractivity contribution in [3.63, 3.8) is 0 Å². The van der Waals surface area contributed by atoms with Gasteiger partial charge in [0.05, 0.1) is 0 Å². The molecule has 2 aromatic rings. The maximum Gasteiger partial charge on any atom is 0.185 e. The van der Waals surface area contributed by atoms with Crippen LogP contribution in [-0.2, 0) is 0 Å². The lowest BCUT2D eigenvalue weighted by atomic mass is 10.0. The highest BCUT2D eigenvalue weighted by Crippen LogP contribution is 2.12.